The summed E-state index contributed by atoms with van der Waals surface area (Å²) in [7, 11) is 0. The highest BCUT2D eigenvalue weighted by Gasteiger charge is 2.18. The normalized spacial score (nSPS) is 14.5. The van der Waals surface area contributed by atoms with Crippen molar-refractivity contribution in [3.63, 3.8) is 0 Å². The molecule has 1 aliphatic rings. The number of rotatable bonds is 4. The predicted molar refractivity (Wildman–Crippen MR) is 99.2 cm³/mol. The maximum absolute atomic E-state index is 12.5. The van der Waals surface area contributed by atoms with Crippen molar-refractivity contribution in [3.8, 4) is 6.07 Å². The summed E-state index contributed by atoms with van der Waals surface area (Å²) in [6.07, 6.45) is 2.83. The number of anilines is 1. The first kappa shape index (κ1) is 17.2. The zero-order chi connectivity index (χ0) is 17.6. The van der Waals surface area contributed by atoms with Crippen molar-refractivity contribution in [2.75, 3.05) is 18.4 Å². The Morgan fingerprint density at radius 2 is 2.04 bits per heavy atom. The summed E-state index contributed by atoms with van der Waals surface area (Å²) in [5, 5.41) is 12.6. The molecule has 0 saturated carbocycles. The standard InChI is InChI=1S/C20H18ClN3O/c21-18-6-8-19(9-7-18)23-20(25)17-5-2-10-24(14-17)13-16-4-1-3-15(11-16)12-22/h1,3-9,11H,2,10,13-14H2,(H,23,25). The van der Waals surface area contributed by atoms with Gasteiger partial charge in [0.05, 0.1) is 11.6 Å². The van der Waals surface area contributed by atoms with E-state index in [2.05, 4.69) is 16.3 Å². The molecule has 126 valence electrons. The second-order valence-corrected chi connectivity index (χ2v) is 6.44. The highest BCUT2D eigenvalue weighted by atomic mass is 35.5. The van der Waals surface area contributed by atoms with Crippen LogP contribution in [0.4, 0.5) is 5.69 Å². The first-order valence-corrected chi connectivity index (χ1v) is 8.49. The van der Waals surface area contributed by atoms with Crippen LogP contribution in [0.3, 0.4) is 0 Å². The molecular weight excluding hydrogens is 334 g/mol. The Balaban J connectivity index is 1.62. The van der Waals surface area contributed by atoms with Gasteiger partial charge in [-0.25, -0.2) is 0 Å². The van der Waals surface area contributed by atoms with Gasteiger partial charge in [-0.15, -0.1) is 0 Å². The molecule has 3 rings (SSSR count). The van der Waals surface area contributed by atoms with Gasteiger partial charge in [-0.3, -0.25) is 9.69 Å². The number of carbonyl (C=O) groups excluding carboxylic acids is 1. The van der Waals surface area contributed by atoms with E-state index in [1.54, 1.807) is 30.3 Å². The monoisotopic (exact) mass is 351 g/mol. The molecule has 0 bridgehead atoms. The van der Waals surface area contributed by atoms with E-state index >= 15 is 0 Å². The summed E-state index contributed by atoms with van der Waals surface area (Å²) in [5.74, 6) is -0.0854. The van der Waals surface area contributed by atoms with Crippen molar-refractivity contribution in [1.82, 2.24) is 4.90 Å². The number of hydrogen-bond acceptors (Lipinski definition) is 3. The minimum atomic E-state index is -0.0854. The van der Waals surface area contributed by atoms with Crippen LogP contribution in [0.25, 0.3) is 0 Å². The van der Waals surface area contributed by atoms with Crippen LogP contribution in [-0.4, -0.2) is 23.9 Å². The molecule has 1 N–H and O–H groups in total. The lowest BCUT2D eigenvalue weighted by atomic mass is 10.1. The van der Waals surface area contributed by atoms with E-state index in [1.165, 1.54) is 0 Å². The number of nitrogens with zero attached hydrogens (tertiary/aromatic N) is 2. The van der Waals surface area contributed by atoms with Crippen molar-refractivity contribution in [3.05, 3.63) is 76.3 Å². The average Bonchev–Trinajstić information content (AvgIpc) is 2.64. The molecule has 0 atom stereocenters. The van der Waals surface area contributed by atoms with Crippen LogP contribution >= 0.6 is 11.6 Å². The van der Waals surface area contributed by atoms with Crippen molar-refractivity contribution in [2.24, 2.45) is 0 Å². The Labute approximate surface area is 152 Å². The van der Waals surface area contributed by atoms with Gasteiger partial charge in [-0.05, 0) is 48.4 Å². The minimum Gasteiger partial charge on any atom is -0.322 e. The van der Waals surface area contributed by atoms with Gasteiger partial charge in [0.25, 0.3) is 5.91 Å². The second kappa shape index (κ2) is 7.98. The number of nitriles is 1. The lowest BCUT2D eigenvalue weighted by Gasteiger charge is -2.27. The van der Waals surface area contributed by atoms with Gasteiger partial charge in [-0.2, -0.15) is 5.26 Å². The topological polar surface area (TPSA) is 56.1 Å². The van der Waals surface area contributed by atoms with Crippen LogP contribution in [0, 0.1) is 11.3 Å². The number of amides is 1. The Morgan fingerprint density at radius 3 is 2.80 bits per heavy atom. The Kier molecular flexibility index (Phi) is 5.49. The van der Waals surface area contributed by atoms with Gasteiger partial charge in [-0.1, -0.05) is 29.8 Å². The molecule has 0 radical (unpaired) electrons. The third-order valence-corrected chi connectivity index (χ3v) is 4.34. The van der Waals surface area contributed by atoms with Crippen LogP contribution < -0.4 is 5.32 Å². The van der Waals surface area contributed by atoms with E-state index in [4.69, 9.17) is 16.9 Å². The van der Waals surface area contributed by atoms with Crippen LogP contribution in [0.5, 0.6) is 0 Å². The number of carbonyl (C=O) groups is 1. The number of halogens is 1. The lowest BCUT2D eigenvalue weighted by molar-refractivity contribution is -0.113. The van der Waals surface area contributed by atoms with Gasteiger partial charge in [0.15, 0.2) is 0 Å². The number of benzene rings is 2. The van der Waals surface area contributed by atoms with Crippen LogP contribution in [0.15, 0.2) is 60.2 Å². The molecule has 0 spiro atoms. The Morgan fingerprint density at radius 1 is 1.24 bits per heavy atom. The maximum atomic E-state index is 12.5. The molecule has 25 heavy (non-hydrogen) atoms. The summed E-state index contributed by atoms with van der Waals surface area (Å²) in [4.78, 5) is 14.7. The molecule has 1 aliphatic heterocycles. The fourth-order valence-electron chi connectivity index (χ4n) is 2.85. The summed E-state index contributed by atoms with van der Waals surface area (Å²) in [5.41, 5.74) is 3.23. The van der Waals surface area contributed by atoms with E-state index in [0.29, 0.717) is 17.1 Å². The van der Waals surface area contributed by atoms with Gasteiger partial charge >= 0.3 is 0 Å². The van der Waals surface area contributed by atoms with Gasteiger partial charge < -0.3 is 5.32 Å². The van der Waals surface area contributed by atoms with Crippen molar-refractivity contribution in [2.45, 2.75) is 13.0 Å². The second-order valence-electron chi connectivity index (χ2n) is 6.00. The lowest BCUT2D eigenvalue weighted by Crippen LogP contribution is -2.33. The Bertz CT molecular complexity index is 837. The van der Waals surface area contributed by atoms with E-state index < -0.39 is 0 Å². The first-order chi connectivity index (χ1) is 12.1. The predicted octanol–water partition coefficient (Wildman–Crippen LogP) is 3.98. The van der Waals surface area contributed by atoms with Crippen LogP contribution in [0.1, 0.15) is 17.5 Å². The highest BCUT2D eigenvalue weighted by Crippen LogP contribution is 2.18. The largest absolute Gasteiger partial charge is 0.322 e. The van der Waals surface area contributed by atoms with Gasteiger partial charge in [0, 0.05) is 35.9 Å². The summed E-state index contributed by atoms with van der Waals surface area (Å²) < 4.78 is 0. The van der Waals surface area contributed by atoms with E-state index in [-0.39, 0.29) is 5.91 Å². The molecule has 1 heterocycles. The average molecular weight is 352 g/mol. The van der Waals surface area contributed by atoms with Crippen molar-refractivity contribution in [1.29, 1.82) is 5.26 Å². The molecule has 0 unspecified atom stereocenters. The number of nitrogens with one attached hydrogen (secondary N) is 1. The summed E-state index contributed by atoms with van der Waals surface area (Å²) in [6, 6.07) is 16.8. The number of hydrogen-bond donors (Lipinski definition) is 1. The molecule has 2 aromatic carbocycles. The van der Waals surface area contributed by atoms with Crippen molar-refractivity contribution >= 4 is 23.2 Å². The van der Waals surface area contributed by atoms with Gasteiger partial charge in [0.2, 0.25) is 0 Å². The molecule has 2 aromatic rings. The molecule has 0 aliphatic carbocycles. The molecule has 0 fully saturated rings. The minimum absolute atomic E-state index is 0.0854. The van der Waals surface area contributed by atoms with Crippen LogP contribution in [-0.2, 0) is 11.3 Å². The molecule has 0 saturated heterocycles. The zero-order valence-corrected chi connectivity index (χ0v) is 14.5. The SMILES string of the molecule is N#Cc1cccc(CN2CCC=C(C(=O)Nc3ccc(Cl)cc3)C2)c1. The quantitative estimate of drug-likeness (QED) is 0.906. The molecule has 0 aromatic heterocycles. The molecular formula is C20H18ClN3O. The fraction of sp³-hybridized carbons (Fsp3) is 0.200. The summed E-state index contributed by atoms with van der Waals surface area (Å²) >= 11 is 5.86. The molecule has 5 heteroatoms. The van der Waals surface area contributed by atoms with Gasteiger partial charge in [0.1, 0.15) is 0 Å². The third-order valence-electron chi connectivity index (χ3n) is 4.09. The third kappa shape index (κ3) is 4.69. The first-order valence-electron chi connectivity index (χ1n) is 8.11. The zero-order valence-electron chi connectivity index (χ0n) is 13.7. The van der Waals surface area contributed by atoms with Crippen LogP contribution in [0.2, 0.25) is 5.02 Å². The Hall–Kier alpha value is -2.61. The molecule has 4 nitrogen and oxygen atoms in total. The highest BCUT2D eigenvalue weighted by molar-refractivity contribution is 6.30. The van der Waals surface area contributed by atoms with Crippen molar-refractivity contribution < 1.29 is 4.79 Å². The van der Waals surface area contributed by atoms with E-state index in [0.717, 1.165) is 36.3 Å². The fourth-order valence-corrected chi connectivity index (χ4v) is 2.97. The maximum Gasteiger partial charge on any atom is 0.252 e. The smallest absolute Gasteiger partial charge is 0.252 e. The van der Waals surface area contributed by atoms with E-state index in [1.807, 2.05) is 24.3 Å². The van der Waals surface area contributed by atoms with E-state index in [9.17, 15) is 4.79 Å². The summed E-state index contributed by atoms with van der Waals surface area (Å²) in [6.45, 7) is 2.21. The molecule has 1 amide bonds.